The monoisotopic (exact) mass is 345 g/mol. The lowest BCUT2D eigenvalue weighted by molar-refractivity contribution is 0.0472. The van der Waals surface area contributed by atoms with E-state index in [-0.39, 0.29) is 17.5 Å². The topological polar surface area (TPSA) is 72.5 Å². The van der Waals surface area contributed by atoms with Gasteiger partial charge in [-0.25, -0.2) is 17.9 Å². The molecule has 1 aliphatic carbocycles. The predicted molar refractivity (Wildman–Crippen MR) is 90.1 cm³/mol. The summed E-state index contributed by atoms with van der Waals surface area (Å²) < 4.78 is 32.0. The maximum atomic E-state index is 12.1. The van der Waals surface area contributed by atoms with Gasteiger partial charge < -0.3 is 4.74 Å². The first kappa shape index (κ1) is 16.7. The summed E-state index contributed by atoms with van der Waals surface area (Å²) in [5.41, 5.74) is 2.37. The first-order valence-electron chi connectivity index (χ1n) is 7.79. The zero-order valence-corrected chi connectivity index (χ0v) is 14.2. The molecule has 24 heavy (non-hydrogen) atoms. The molecule has 2 aromatic carbocycles. The molecular weight excluding hydrogens is 326 g/mol. The molecule has 0 spiro atoms. The van der Waals surface area contributed by atoms with E-state index in [4.69, 9.17) is 4.74 Å². The Morgan fingerprint density at radius 3 is 2.29 bits per heavy atom. The third-order valence-electron chi connectivity index (χ3n) is 3.79. The summed E-state index contributed by atoms with van der Waals surface area (Å²) in [6.45, 7) is 2.17. The Morgan fingerprint density at radius 1 is 1.08 bits per heavy atom. The van der Waals surface area contributed by atoms with Crippen molar-refractivity contribution in [2.24, 2.45) is 0 Å². The summed E-state index contributed by atoms with van der Waals surface area (Å²) >= 11 is 0. The molecule has 6 heteroatoms. The zero-order chi connectivity index (χ0) is 17.2. The van der Waals surface area contributed by atoms with Crippen molar-refractivity contribution in [3.05, 3.63) is 65.2 Å². The second-order valence-electron chi connectivity index (χ2n) is 5.98. The number of carbonyl (C=O) groups is 1. The van der Waals surface area contributed by atoms with Crippen LogP contribution in [0.5, 0.6) is 0 Å². The van der Waals surface area contributed by atoms with E-state index in [0.29, 0.717) is 5.56 Å². The summed E-state index contributed by atoms with van der Waals surface area (Å²) in [4.78, 5) is 12.2. The first-order chi connectivity index (χ1) is 11.4. The molecule has 5 nitrogen and oxygen atoms in total. The number of esters is 1. The molecule has 0 atom stereocenters. The van der Waals surface area contributed by atoms with Crippen LogP contribution in [0.1, 0.15) is 34.3 Å². The van der Waals surface area contributed by atoms with Crippen LogP contribution in [0.25, 0.3) is 0 Å². The van der Waals surface area contributed by atoms with Crippen molar-refractivity contribution >= 4 is 16.0 Å². The minimum absolute atomic E-state index is 0.0501. The fourth-order valence-electron chi connectivity index (χ4n) is 2.18. The van der Waals surface area contributed by atoms with Crippen molar-refractivity contribution < 1.29 is 17.9 Å². The summed E-state index contributed by atoms with van der Waals surface area (Å²) in [5.74, 6) is -0.477. The second kappa shape index (κ2) is 6.75. The van der Waals surface area contributed by atoms with Gasteiger partial charge in [-0.1, -0.05) is 29.8 Å². The Balaban J connectivity index is 1.62. The van der Waals surface area contributed by atoms with E-state index in [1.807, 2.05) is 31.2 Å². The van der Waals surface area contributed by atoms with Crippen LogP contribution in [-0.4, -0.2) is 20.4 Å². The van der Waals surface area contributed by atoms with E-state index >= 15 is 0 Å². The van der Waals surface area contributed by atoms with Gasteiger partial charge in [-0.05, 0) is 49.6 Å². The fraction of sp³-hybridized carbons (Fsp3) is 0.278. The van der Waals surface area contributed by atoms with Crippen molar-refractivity contribution in [2.45, 2.75) is 37.3 Å². The quantitative estimate of drug-likeness (QED) is 0.817. The molecule has 1 fully saturated rings. The van der Waals surface area contributed by atoms with Crippen molar-refractivity contribution in [1.82, 2.24) is 4.72 Å². The van der Waals surface area contributed by atoms with E-state index in [2.05, 4.69) is 4.72 Å². The van der Waals surface area contributed by atoms with Gasteiger partial charge in [-0.2, -0.15) is 0 Å². The Labute approximate surface area is 141 Å². The average molecular weight is 345 g/mol. The Kier molecular flexibility index (Phi) is 4.69. The lowest BCUT2D eigenvalue weighted by Crippen LogP contribution is -2.25. The van der Waals surface area contributed by atoms with Gasteiger partial charge in [-0.15, -0.1) is 0 Å². The number of benzene rings is 2. The lowest BCUT2D eigenvalue weighted by atomic mass is 10.2. The normalized spacial score (nSPS) is 14.4. The highest BCUT2D eigenvalue weighted by Gasteiger charge is 2.28. The van der Waals surface area contributed by atoms with E-state index in [9.17, 15) is 13.2 Å². The molecule has 0 heterocycles. The SMILES string of the molecule is Cc1ccc(COC(=O)c2ccc(S(=O)(=O)NC3CC3)cc2)cc1. The van der Waals surface area contributed by atoms with Crippen molar-refractivity contribution in [3.8, 4) is 0 Å². The molecule has 126 valence electrons. The molecule has 0 radical (unpaired) electrons. The summed E-state index contributed by atoms with van der Waals surface area (Å²) in [6.07, 6.45) is 1.76. The number of hydrogen-bond acceptors (Lipinski definition) is 4. The maximum absolute atomic E-state index is 12.1. The van der Waals surface area contributed by atoms with E-state index < -0.39 is 16.0 Å². The standard InChI is InChI=1S/C18H19NO4S/c1-13-2-4-14(5-3-13)12-23-18(20)15-6-10-17(11-7-15)24(21,22)19-16-8-9-16/h2-7,10-11,16,19H,8-9,12H2,1H3. The molecule has 3 rings (SSSR count). The number of ether oxygens (including phenoxy) is 1. The number of hydrogen-bond donors (Lipinski definition) is 1. The molecule has 0 aliphatic heterocycles. The molecule has 2 aromatic rings. The molecule has 0 amide bonds. The highest BCUT2D eigenvalue weighted by Crippen LogP contribution is 2.22. The van der Waals surface area contributed by atoms with Crippen LogP contribution in [0.15, 0.2) is 53.4 Å². The van der Waals surface area contributed by atoms with Crippen LogP contribution in [-0.2, 0) is 21.4 Å². The fourth-order valence-corrected chi connectivity index (χ4v) is 3.48. The van der Waals surface area contributed by atoms with Gasteiger partial charge in [0.25, 0.3) is 0 Å². The highest BCUT2D eigenvalue weighted by molar-refractivity contribution is 7.89. The molecule has 1 saturated carbocycles. The Bertz CT molecular complexity index is 822. The summed E-state index contributed by atoms with van der Waals surface area (Å²) in [5, 5.41) is 0. The van der Waals surface area contributed by atoms with Crippen LogP contribution < -0.4 is 4.72 Å². The highest BCUT2D eigenvalue weighted by atomic mass is 32.2. The van der Waals surface area contributed by atoms with Gasteiger partial charge in [0.05, 0.1) is 10.5 Å². The van der Waals surface area contributed by atoms with Gasteiger partial charge in [0.2, 0.25) is 10.0 Å². The molecule has 0 bridgehead atoms. The number of sulfonamides is 1. The van der Waals surface area contributed by atoms with Gasteiger partial charge in [0.15, 0.2) is 0 Å². The molecule has 0 aromatic heterocycles. The van der Waals surface area contributed by atoms with E-state index in [1.54, 1.807) is 0 Å². The van der Waals surface area contributed by atoms with Gasteiger partial charge in [-0.3, -0.25) is 0 Å². The number of rotatable bonds is 6. The minimum Gasteiger partial charge on any atom is -0.457 e. The van der Waals surface area contributed by atoms with Gasteiger partial charge >= 0.3 is 5.97 Å². The summed E-state index contributed by atoms with van der Waals surface area (Å²) in [7, 11) is -3.50. The molecule has 0 saturated heterocycles. The number of aryl methyl sites for hydroxylation is 1. The second-order valence-corrected chi connectivity index (χ2v) is 7.70. The molecule has 1 aliphatic rings. The Morgan fingerprint density at radius 2 is 1.71 bits per heavy atom. The van der Waals surface area contributed by atoms with E-state index in [1.165, 1.54) is 24.3 Å². The van der Waals surface area contributed by atoms with Gasteiger partial charge in [0, 0.05) is 6.04 Å². The zero-order valence-electron chi connectivity index (χ0n) is 13.4. The third-order valence-corrected chi connectivity index (χ3v) is 5.33. The number of carbonyl (C=O) groups excluding carboxylic acids is 1. The summed E-state index contributed by atoms with van der Waals surface area (Å²) in [6, 6.07) is 13.6. The predicted octanol–water partition coefficient (Wildman–Crippen LogP) is 2.79. The van der Waals surface area contributed by atoms with E-state index in [0.717, 1.165) is 24.0 Å². The first-order valence-corrected chi connectivity index (χ1v) is 9.27. The van der Waals surface area contributed by atoms with Crippen LogP contribution in [0, 0.1) is 6.92 Å². The van der Waals surface area contributed by atoms with Gasteiger partial charge in [0.1, 0.15) is 6.61 Å². The van der Waals surface area contributed by atoms with Crippen LogP contribution >= 0.6 is 0 Å². The third kappa shape index (κ3) is 4.21. The smallest absolute Gasteiger partial charge is 0.338 e. The minimum atomic E-state index is -3.50. The van der Waals surface area contributed by atoms with Crippen molar-refractivity contribution in [3.63, 3.8) is 0 Å². The maximum Gasteiger partial charge on any atom is 0.338 e. The van der Waals surface area contributed by atoms with Crippen LogP contribution in [0.4, 0.5) is 0 Å². The Hall–Kier alpha value is -2.18. The molecular formula is C18H19NO4S. The van der Waals surface area contributed by atoms with Crippen molar-refractivity contribution in [2.75, 3.05) is 0 Å². The van der Waals surface area contributed by atoms with Crippen LogP contribution in [0.3, 0.4) is 0 Å². The molecule has 0 unspecified atom stereocenters. The average Bonchev–Trinajstić information content (AvgIpc) is 3.37. The number of nitrogens with one attached hydrogen (secondary N) is 1. The van der Waals surface area contributed by atoms with Crippen LogP contribution in [0.2, 0.25) is 0 Å². The largest absolute Gasteiger partial charge is 0.457 e. The van der Waals surface area contributed by atoms with Crippen molar-refractivity contribution in [1.29, 1.82) is 0 Å². The molecule has 1 N–H and O–H groups in total. The lowest BCUT2D eigenvalue weighted by Gasteiger charge is -2.07.